The van der Waals surface area contributed by atoms with Crippen molar-refractivity contribution >= 4 is 21.7 Å². The molecule has 0 radical (unpaired) electrons. The standard InChI is InChI=1S/C22H20BrNO/c23-20-13-7-12-19(14-20)21(24-16-17-8-3-1-4-9-17)15-22(25)18-10-5-2-6-11-18/h1-14,21,24H,15-16H2. The number of halogens is 1. The van der Waals surface area contributed by atoms with Crippen molar-refractivity contribution in [3.8, 4) is 0 Å². The predicted molar refractivity (Wildman–Crippen MR) is 106 cm³/mol. The number of ketones is 1. The summed E-state index contributed by atoms with van der Waals surface area (Å²) >= 11 is 3.52. The molecule has 0 amide bonds. The van der Waals surface area contributed by atoms with E-state index < -0.39 is 0 Å². The molecule has 0 fully saturated rings. The second-order valence-corrected chi connectivity index (χ2v) is 6.88. The van der Waals surface area contributed by atoms with Crippen LogP contribution in [0.25, 0.3) is 0 Å². The van der Waals surface area contributed by atoms with Crippen molar-refractivity contribution in [1.29, 1.82) is 0 Å². The van der Waals surface area contributed by atoms with Crippen LogP contribution in [0.2, 0.25) is 0 Å². The maximum Gasteiger partial charge on any atom is 0.164 e. The fourth-order valence-electron chi connectivity index (χ4n) is 2.80. The van der Waals surface area contributed by atoms with E-state index in [0.717, 1.165) is 22.1 Å². The minimum Gasteiger partial charge on any atom is -0.305 e. The summed E-state index contributed by atoms with van der Waals surface area (Å²) in [5.41, 5.74) is 3.06. The third kappa shape index (κ3) is 5.12. The van der Waals surface area contributed by atoms with E-state index in [4.69, 9.17) is 0 Å². The summed E-state index contributed by atoms with van der Waals surface area (Å²) in [4.78, 5) is 12.7. The Morgan fingerprint density at radius 3 is 2.24 bits per heavy atom. The van der Waals surface area contributed by atoms with Crippen molar-refractivity contribution in [1.82, 2.24) is 5.32 Å². The molecular formula is C22H20BrNO. The van der Waals surface area contributed by atoms with Crippen LogP contribution >= 0.6 is 15.9 Å². The Morgan fingerprint density at radius 1 is 0.880 bits per heavy atom. The van der Waals surface area contributed by atoms with Crippen LogP contribution in [-0.4, -0.2) is 5.78 Å². The molecule has 3 aromatic carbocycles. The summed E-state index contributed by atoms with van der Waals surface area (Å²) < 4.78 is 1.02. The highest BCUT2D eigenvalue weighted by atomic mass is 79.9. The molecule has 1 atom stereocenters. The normalized spacial score (nSPS) is 11.9. The van der Waals surface area contributed by atoms with Gasteiger partial charge in [0.25, 0.3) is 0 Å². The fraction of sp³-hybridized carbons (Fsp3) is 0.136. The van der Waals surface area contributed by atoms with Crippen LogP contribution in [0.3, 0.4) is 0 Å². The van der Waals surface area contributed by atoms with Crippen LogP contribution < -0.4 is 5.32 Å². The maximum absolute atomic E-state index is 12.7. The van der Waals surface area contributed by atoms with Gasteiger partial charge in [0, 0.05) is 29.0 Å². The van der Waals surface area contributed by atoms with E-state index >= 15 is 0 Å². The van der Waals surface area contributed by atoms with Gasteiger partial charge in [-0.25, -0.2) is 0 Å². The largest absolute Gasteiger partial charge is 0.305 e. The van der Waals surface area contributed by atoms with Gasteiger partial charge in [0.2, 0.25) is 0 Å². The van der Waals surface area contributed by atoms with Gasteiger partial charge < -0.3 is 5.32 Å². The van der Waals surface area contributed by atoms with Crippen molar-refractivity contribution in [3.63, 3.8) is 0 Å². The van der Waals surface area contributed by atoms with E-state index in [1.807, 2.05) is 60.7 Å². The number of carbonyl (C=O) groups is 1. The third-order valence-electron chi connectivity index (χ3n) is 4.13. The molecule has 0 aliphatic rings. The molecule has 1 unspecified atom stereocenters. The molecule has 0 heterocycles. The van der Waals surface area contributed by atoms with Crippen molar-refractivity contribution in [2.45, 2.75) is 19.0 Å². The Kier molecular flexibility index (Phi) is 6.15. The number of hydrogen-bond donors (Lipinski definition) is 1. The predicted octanol–water partition coefficient (Wildman–Crippen LogP) is 5.55. The number of benzene rings is 3. The highest BCUT2D eigenvalue weighted by Gasteiger charge is 2.17. The van der Waals surface area contributed by atoms with Gasteiger partial charge >= 0.3 is 0 Å². The number of Topliss-reactive ketones (excluding diaryl/α,β-unsaturated/α-hetero) is 1. The molecule has 0 aliphatic carbocycles. The molecule has 0 saturated heterocycles. The molecule has 0 spiro atoms. The fourth-order valence-corrected chi connectivity index (χ4v) is 3.21. The van der Waals surface area contributed by atoms with Crippen molar-refractivity contribution in [2.24, 2.45) is 0 Å². The van der Waals surface area contributed by atoms with Gasteiger partial charge in [-0.05, 0) is 23.3 Å². The van der Waals surface area contributed by atoms with Gasteiger partial charge in [0.1, 0.15) is 0 Å². The van der Waals surface area contributed by atoms with Crippen LogP contribution in [-0.2, 0) is 6.54 Å². The lowest BCUT2D eigenvalue weighted by Crippen LogP contribution is -2.23. The molecule has 0 aliphatic heterocycles. The van der Waals surface area contributed by atoms with E-state index in [0.29, 0.717) is 6.42 Å². The van der Waals surface area contributed by atoms with Crippen LogP contribution in [0.5, 0.6) is 0 Å². The summed E-state index contributed by atoms with van der Waals surface area (Å²) in [6.07, 6.45) is 0.424. The van der Waals surface area contributed by atoms with E-state index in [9.17, 15) is 4.79 Å². The zero-order valence-electron chi connectivity index (χ0n) is 13.9. The summed E-state index contributed by atoms with van der Waals surface area (Å²) in [7, 11) is 0. The molecule has 25 heavy (non-hydrogen) atoms. The third-order valence-corrected chi connectivity index (χ3v) is 4.62. The number of carbonyl (C=O) groups excluding carboxylic acids is 1. The number of hydrogen-bond acceptors (Lipinski definition) is 2. The van der Waals surface area contributed by atoms with Gasteiger partial charge in [-0.3, -0.25) is 4.79 Å². The average Bonchev–Trinajstić information content (AvgIpc) is 2.66. The van der Waals surface area contributed by atoms with Crippen LogP contribution in [0.1, 0.15) is 33.9 Å². The molecule has 0 aromatic heterocycles. The summed E-state index contributed by atoms with van der Waals surface area (Å²) in [5, 5.41) is 3.54. The van der Waals surface area contributed by atoms with Crippen molar-refractivity contribution in [3.05, 3.63) is 106 Å². The molecular weight excluding hydrogens is 374 g/mol. The Morgan fingerprint density at radius 2 is 1.56 bits per heavy atom. The summed E-state index contributed by atoms with van der Waals surface area (Å²) in [5.74, 6) is 0.145. The van der Waals surface area contributed by atoms with Crippen LogP contribution in [0.15, 0.2) is 89.4 Å². The quantitative estimate of drug-likeness (QED) is 0.532. The molecule has 126 valence electrons. The zero-order valence-corrected chi connectivity index (χ0v) is 15.4. The second kappa shape index (κ2) is 8.75. The Hall–Kier alpha value is -2.23. The second-order valence-electron chi connectivity index (χ2n) is 5.97. The van der Waals surface area contributed by atoms with Gasteiger partial charge in [0.15, 0.2) is 5.78 Å². The minimum atomic E-state index is -0.0367. The van der Waals surface area contributed by atoms with E-state index in [1.54, 1.807) is 0 Å². The van der Waals surface area contributed by atoms with Crippen LogP contribution in [0.4, 0.5) is 0 Å². The van der Waals surface area contributed by atoms with E-state index in [2.05, 4.69) is 45.5 Å². The minimum absolute atomic E-state index is 0.0367. The Balaban J connectivity index is 1.77. The SMILES string of the molecule is O=C(CC(NCc1ccccc1)c1cccc(Br)c1)c1ccccc1. The molecule has 1 N–H and O–H groups in total. The molecule has 0 bridgehead atoms. The molecule has 3 aromatic rings. The average molecular weight is 394 g/mol. The van der Waals surface area contributed by atoms with Gasteiger partial charge in [-0.2, -0.15) is 0 Å². The maximum atomic E-state index is 12.7. The molecule has 0 saturated carbocycles. The van der Waals surface area contributed by atoms with E-state index in [-0.39, 0.29) is 11.8 Å². The Bertz CT molecular complexity index is 818. The van der Waals surface area contributed by atoms with Crippen molar-refractivity contribution < 1.29 is 4.79 Å². The smallest absolute Gasteiger partial charge is 0.164 e. The lowest BCUT2D eigenvalue weighted by molar-refractivity contribution is 0.0968. The highest BCUT2D eigenvalue weighted by Crippen LogP contribution is 2.23. The summed E-state index contributed by atoms with van der Waals surface area (Å²) in [6.45, 7) is 0.722. The van der Waals surface area contributed by atoms with Gasteiger partial charge in [0.05, 0.1) is 0 Å². The molecule has 3 rings (SSSR count). The number of rotatable bonds is 7. The molecule has 2 nitrogen and oxygen atoms in total. The first kappa shape index (κ1) is 17.6. The highest BCUT2D eigenvalue weighted by molar-refractivity contribution is 9.10. The van der Waals surface area contributed by atoms with Gasteiger partial charge in [-0.1, -0.05) is 88.7 Å². The first-order valence-electron chi connectivity index (χ1n) is 8.33. The Labute approximate surface area is 157 Å². The lowest BCUT2D eigenvalue weighted by atomic mass is 9.97. The monoisotopic (exact) mass is 393 g/mol. The first-order valence-corrected chi connectivity index (χ1v) is 9.13. The zero-order chi connectivity index (χ0) is 17.5. The van der Waals surface area contributed by atoms with Crippen LogP contribution in [0, 0.1) is 0 Å². The van der Waals surface area contributed by atoms with Gasteiger partial charge in [-0.15, -0.1) is 0 Å². The van der Waals surface area contributed by atoms with E-state index in [1.165, 1.54) is 5.56 Å². The molecule has 3 heteroatoms. The lowest BCUT2D eigenvalue weighted by Gasteiger charge is -2.19. The topological polar surface area (TPSA) is 29.1 Å². The summed E-state index contributed by atoms with van der Waals surface area (Å²) in [6, 6.07) is 27.8. The first-order chi connectivity index (χ1) is 12.2. The number of nitrogens with one attached hydrogen (secondary N) is 1. The van der Waals surface area contributed by atoms with Crippen molar-refractivity contribution in [2.75, 3.05) is 0 Å².